The summed E-state index contributed by atoms with van der Waals surface area (Å²) in [6.07, 6.45) is 4.42. The first-order chi connectivity index (χ1) is 7.92. The van der Waals surface area contributed by atoms with E-state index in [9.17, 15) is 0 Å². The fourth-order valence-corrected chi connectivity index (χ4v) is 1.57. The molecule has 1 unspecified atom stereocenters. The highest BCUT2D eigenvalue weighted by Crippen LogP contribution is 2.39. The Morgan fingerprint density at radius 2 is 2.12 bits per heavy atom. The Balaban J connectivity index is 1.71. The molecule has 1 heterocycles. The van der Waals surface area contributed by atoms with Crippen molar-refractivity contribution >= 4 is 0 Å². The van der Waals surface area contributed by atoms with E-state index in [1.54, 1.807) is 7.11 Å². The second-order valence-corrected chi connectivity index (χ2v) is 3.64. The zero-order valence-electron chi connectivity index (χ0n) is 9.34. The summed E-state index contributed by atoms with van der Waals surface area (Å²) in [5, 5.41) is 0. The molecule has 3 heteroatoms. The molecule has 0 aromatic heterocycles. The summed E-state index contributed by atoms with van der Waals surface area (Å²) < 4.78 is 15.4. The van der Waals surface area contributed by atoms with E-state index in [1.165, 1.54) is 5.56 Å². The van der Waals surface area contributed by atoms with Crippen LogP contribution in [0.3, 0.4) is 0 Å². The molecule has 0 N–H and O–H groups in total. The maximum absolute atomic E-state index is 5.54. The largest absolute Gasteiger partial charge is 0.360 e. The number of rotatable bonds is 6. The van der Waals surface area contributed by atoms with E-state index < -0.39 is 0 Å². The Morgan fingerprint density at radius 3 is 2.88 bits per heavy atom. The van der Waals surface area contributed by atoms with Crippen molar-refractivity contribution in [3.63, 3.8) is 0 Å². The first-order valence-corrected chi connectivity index (χ1v) is 5.35. The summed E-state index contributed by atoms with van der Waals surface area (Å²) in [7, 11) is 1.61. The third-order valence-corrected chi connectivity index (χ3v) is 2.39. The molecule has 2 rings (SSSR count). The molecular formula is C13H16O3. The first-order valence-electron chi connectivity index (χ1n) is 5.35. The van der Waals surface area contributed by atoms with Gasteiger partial charge in [0.1, 0.15) is 19.0 Å². The Hall–Kier alpha value is -1.16. The molecule has 86 valence electrons. The minimum atomic E-state index is 0.202. The molecule has 0 spiro atoms. The summed E-state index contributed by atoms with van der Waals surface area (Å²) in [5.74, 6) is 0. The van der Waals surface area contributed by atoms with Crippen LogP contribution in [0.1, 0.15) is 11.7 Å². The van der Waals surface area contributed by atoms with Crippen LogP contribution >= 0.6 is 0 Å². The molecule has 1 aromatic carbocycles. The van der Waals surface area contributed by atoms with Crippen LogP contribution in [0, 0.1) is 0 Å². The lowest BCUT2D eigenvalue weighted by molar-refractivity contribution is -0.0187. The molecule has 0 saturated carbocycles. The lowest BCUT2D eigenvalue weighted by atomic mass is 10.1. The molecule has 0 aliphatic carbocycles. The van der Waals surface area contributed by atoms with Crippen LogP contribution in [0.4, 0.5) is 0 Å². The average molecular weight is 220 g/mol. The standard InChI is InChI=1S/C13H16O3/c1-14-10-15-9-5-8-12-13(16-12)11-6-3-2-4-7-11/h2-8,12-13H,9-10H2,1H3/b8-5+/t12?,13-/m1/s1. The number of hydrogen-bond acceptors (Lipinski definition) is 3. The molecule has 16 heavy (non-hydrogen) atoms. The summed E-state index contributed by atoms with van der Waals surface area (Å²) in [4.78, 5) is 0. The third kappa shape index (κ3) is 3.17. The van der Waals surface area contributed by atoms with Crippen molar-refractivity contribution in [3.8, 4) is 0 Å². The van der Waals surface area contributed by atoms with Crippen LogP contribution in [0.2, 0.25) is 0 Å². The molecule has 3 nitrogen and oxygen atoms in total. The summed E-state index contributed by atoms with van der Waals surface area (Å²) >= 11 is 0. The van der Waals surface area contributed by atoms with Gasteiger partial charge in [0.15, 0.2) is 0 Å². The molecule has 1 aromatic rings. The molecule has 1 saturated heterocycles. The number of benzene rings is 1. The Morgan fingerprint density at radius 1 is 1.31 bits per heavy atom. The fraction of sp³-hybridized carbons (Fsp3) is 0.385. The topological polar surface area (TPSA) is 31.0 Å². The normalized spacial score (nSPS) is 23.8. The van der Waals surface area contributed by atoms with E-state index in [4.69, 9.17) is 14.2 Å². The summed E-state index contributed by atoms with van der Waals surface area (Å²) in [6, 6.07) is 10.2. The zero-order chi connectivity index (χ0) is 11.2. The van der Waals surface area contributed by atoms with E-state index in [-0.39, 0.29) is 12.2 Å². The van der Waals surface area contributed by atoms with Gasteiger partial charge in [0.25, 0.3) is 0 Å². The van der Waals surface area contributed by atoms with E-state index in [0.717, 1.165) is 0 Å². The minimum absolute atomic E-state index is 0.202. The third-order valence-electron chi connectivity index (χ3n) is 2.39. The van der Waals surface area contributed by atoms with Crippen molar-refractivity contribution in [2.45, 2.75) is 12.2 Å². The molecule has 2 atom stereocenters. The lowest BCUT2D eigenvalue weighted by Gasteiger charge is -1.96. The quantitative estimate of drug-likeness (QED) is 0.319. The van der Waals surface area contributed by atoms with Gasteiger partial charge in [0.2, 0.25) is 0 Å². The molecule has 0 radical (unpaired) electrons. The summed E-state index contributed by atoms with van der Waals surface area (Å²) in [6.45, 7) is 0.896. The Kier molecular flexibility index (Phi) is 4.10. The van der Waals surface area contributed by atoms with Gasteiger partial charge in [0.05, 0.1) is 6.61 Å². The van der Waals surface area contributed by atoms with Gasteiger partial charge in [-0.15, -0.1) is 0 Å². The molecule has 1 fully saturated rings. The summed E-state index contributed by atoms with van der Waals surface area (Å²) in [5.41, 5.74) is 1.23. The van der Waals surface area contributed by atoms with Crippen molar-refractivity contribution in [1.29, 1.82) is 0 Å². The van der Waals surface area contributed by atoms with Crippen LogP contribution in [-0.2, 0) is 14.2 Å². The van der Waals surface area contributed by atoms with E-state index >= 15 is 0 Å². The molecule has 0 bridgehead atoms. The number of epoxide rings is 1. The van der Waals surface area contributed by atoms with Crippen LogP contribution in [0.15, 0.2) is 42.5 Å². The monoisotopic (exact) mass is 220 g/mol. The molecular weight excluding hydrogens is 204 g/mol. The van der Waals surface area contributed by atoms with Crippen molar-refractivity contribution in [1.82, 2.24) is 0 Å². The smallest absolute Gasteiger partial charge is 0.146 e. The Labute approximate surface area is 95.6 Å². The van der Waals surface area contributed by atoms with Crippen LogP contribution < -0.4 is 0 Å². The fourth-order valence-electron chi connectivity index (χ4n) is 1.57. The van der Waals surface area contributed by atoms with Crippen molar-refractivity contribution < 1.29 is 14.2 Å². The minimum Gasteiger partial charge on any atom is -0.360 e. The van der Waals surface area contributed by atoms with Crippen molar-refractivity contribution in [2.75, 3.05) is 20.5 Å². The van der Waals surface area contributed by atoms with Gasteiger partial charge in [-0.05, 0) is 5.56 Å². The van der Waals surface area contributed by atoms with Gasteiger partial charge >= 0.3 is 0 Å². The maximum Gasteiger partial charge on any atom is 0.146 e. The predicted molar refractivity (Wildman–Crippen MR) is 61.0 cm³/mol. The molecule has 0 amide bonds. The van der Waals surface area contributed by atoms with Gasteiger partial charge < -0.3 is 14.2 Å². The highest BCUT2D eigenvalue weighted by atomic mass is 16.7. The van der Waals surface area contributed by atoms with E-state index in [1.807, 2.05) is 30.4 Å². The van der Waals surface area contributed by atoms with Crippen molar-refractivity contribution in [2.24, 2.45) is 0 Å². The molecule has 1 aliphatic rings. The van der Waals surface area contributed by atoms with Crippen molar-refractivity contribution in [3.05, 3.63) is 48.0 Å². The lowest BCUT2D eigenvalue weighted by Crippen LogP contribution is -1.95. The Bertz CT molecular complexity index is 334. The predicted octanol–water partition coefficient (Wildman–Crippen LogP) is 2.30. The number of ether oxygens (including phenoxy) is 3. The number of methoxy groups -OCH3 is 1. The van der Waals surface area contributed by atoms with Gasteiger partial charge in [-0.3, -0.25) is 0 Å². The van der Waals surface area contributed by atoms with Crippen LogP contribution in [-0.4, -0.2) is 26.6 Å². The van der Waals surface area contributed by atoms with Gasteiger partial charge in [-0.2, -0.15) is 0 Å². The van der Waals surface area contributed by atoms with Crippen LogP contribution in [0.25, 0.3) is 0 Å². The van der Waals surface area contributed by atoms with Crippen LogP contribution in [0.5, 0.6) is 0 Å². The SMILES string of the molecule is COCOC/C=C/C1O[C@@H]1c1ccccc1. The van der Waals surface area contributed by atoms with Gasteiger partial charge in [-0.25, -0.2) is 0 Å². The maximum atomic E-state index is 5.54. The highest BCUT2D eigenvalue weighted by molar-refractivity contribution is 5.24. The average Bonchev–Trinajstić information content (AvgIpc) is 3.10. The van der Waals surface area contributed by atoms with Gasteiger partial charge in [0, 0.05) is 7.11 Å². The van der Waals surface area contributed by atoms with E-state index in [2.05, 4.69) is 12.1 Å². The first kappa shape index (κ1) is 11.3. The molecule has 1 aliphatic heterocycles. The second kappa shape index (κ2) is 5.80. The van der Waals surface area contributed by atoms with Gasteiger partial charge in [-0.1, -0.05) is 42.5 Å². The number of hydrogen-bond donors (Lipinski definition) is 0. The zero-order valence-corrected chi connectivity index (χ0v) is 9.34. The highest BCUT2D eigenvalue weighted by Gasteiger charge is 2.37. The van der Waals surface area contributed by atoms with E-state index in [0.29, 0.717) is 13.4 Å². The second-order valence-electron chi connectivity index (χ2n) is 3.64.